The zero-order chi connectivity index (χ0) is 18.7. The lowest BCUT2D eigenvalue weighted by Crippen LogP contribution is -2.26. The minimum absolute atomic E-state index is 0.0140. The standard InChI is InChI=1S/C18H18ClN3O3S/c1-3-25-16(24)10-26-18-20-11(2)14-8-15(23)22(17(14)21-18)9-12-4-6-13(19)7-5-12/h4-7H,3,8-10H2,1-2H3. The summed E-state index contributed by atoms with van der Waals surface area (Å²) in [7, 11) is 0. The maximum atomic E-state index is 12.5. The van der Waals surface area contributed by atoms with Gasteiger partial charge in [-0.25, -0.2) is 9.97 Å². The van der Waals surface area contributed by atoms with Crippen molar-refractivity contribution in [2.24, 2.45) is 0 Å². The number of hydrogen-bond donors (Lipinski definition) is 0. The van der Waals surface area contributed by atoms with Crippen molar-refractivity contribution in [2.75, 3.05) is 17.3 Å². The molecule has 0 unspecified atom stereocenters. The van der Waals surface area contributed by atoms with E-state index in [0.717, 1.165) is 16.8 Å². The maximum absolute atomic E-state index is 12.5. The zero-order valence-corrected chi connectivity index (χ0v) is 16.1. The molecular weight excluding hydrogens is 374 g/mol. The number of anilines is 1. The molecule has 0 aliphatic carbocycles. The van der Waals surface area contributed by atoms with Crippen molar-refractivity contribution in [1.29, 1.82) is 0 Å². The monoisotopic (exact) mass is 391 g/mol. The van der Waals surface area contributed by atoms with Gasteiger partial charge >= 0.3 is 5.97 Å². The van der Waals surface area contributed by atoms with Gasteiger partial charge in [0.2, 0.25) is 5.91 Å². The van der Waals surface area contributed by atoms with Crippen LogP contribution >= 0.6 is 23.4 Å². The summed E-state index contributed by atoms with van der Waals surface area (Å²) >= 11 is 7.13. The molecule has 0 radical (unpaired) electrons. The molecule has 0 bridgehead atoms. The van der Waals surface area contributed by atoms with Gasteiger partial charge in [0.05, 0.1) is 25.3 Å². The van der Waals surface area contributed by atoms with Crippen LogP contribution in [0.4, 0.5) is 5.82 Å². The first-order chi connectivity index (χ1) is 12.5. The van der Waals surface area contributed by atoms with Gasteiger partial charge in [0.15, 0.2) is 5.16 Å². The molecule has 8 heteroatoms. The Morgan fingerprint density at radius 3 is 2.73 bits per heavy atom. The van der Waals surface area contributed by atoms with Crippen LogP contribution in [0.1, 0.15) is 23.7 Å². The Bertz CT molecular complexity index is 842. The Morgan fingerprint density at radius 2 is 2.04 bits per heavy atom. The number of thioether (sulfide) groups is 1. The van der Waals surface area contributed by atoms with E-state index in [2.05, 4.69) is 9.97 Å². The Morgan fingerprint density at radius 1 is 1.31 bits per heavy atom. The van der Waals surface area contributed by atoms with Crippen molar-refractivity contribution in [1.82, 2.24) is 9.97 Å². The van der Waals surface area contributed by atoms with E-state index < -0.39 is 0 Å². The van der Waals surface area contributed by atoms with Gasteiger partial charge in [-0.3, -0.25) is 14.5 Å². The average Bonchev–Trinajstić information content (AvgIpc) is 2.92. The van der Waals surface area contributed by atoms with Crippen molar-refractivity contribution in [3.8, 4) is 0 Å². The number of esters is 1. The third-order valence-corrected chi connectivity index (χ3v) is 5.01. The molecule has 3 rings (SSSR count). The van der Waals surface area contributed by atoms with Crippen molar-refractivity contribution < 1.29 is 14.3 Å². The second-order valence-corrected chi connectivity index (χ2v) is 7.15. The maximum Gasteiger partial charge on any atom is 0.316 e. The summed E-state index contributed by atoms with van der Waals surface area (Å²) < 4.78 is 4.92. The molecule has 2 aromatic rings. The van der Waals surface area contributed by atoms with Gasteiger partial charge in [-0.1, -0.05) is 35.5 Å². The molecular formula is C18H18ClN3O3S. The Balaban J connectivity index is 1.82. The topological polar surface area (TPSA) is 72.4 Å². The van der Waals surface area contributed by atoms with Gasteiger partial charge in [-0.05, 0) is 31.5 Å². The molecule has 2 heterocycles. The molecule has 26 heavy (non-hydrogen) atoms. The number of amides is 1. The Kier molecular flexibility index (Phi) is 5.78. The number of halogens is 1. The first-order valence-corrected chi connectivity index (χ1v) is 9.55. The van der Waals surface area contributed by atoms with Gasteiger partial charge in [-0.15, -0.1) is 0 Å². The first-order valence-electron chi connectivity index (χ1n) is 8.18. The van der Waals surface area contributed by atoms with E-state index in [1.165, 1.54) is 11.8 Å². The zero-order valence-electron chi connectivity index (χ0n) is 14.5. The number of nitrogens with zero attached hydrogens (tertiary/aromatic N) is 3. The second-order valence-electron chi connectivity index (χ2n) is 5.77. The molecule has 1 aliphatic rings. The number of rotatable bonds is 6. The molecule has 1 amide bonds. The van der Waals surface area contributed by atoms with Crippen LogP contribution in [0.15, 0.2) is 29.4 Å². The summed E-state index contributed by atoms with van der Waals surface area (Å²) in [6, 6.07) is 7.37. The lowest BCUT2D eigenvalue weighted by molar-refractivity contribution is -0.139. The summed E-state index contributed by atoms with van der Waals surface area (Å²) in [4.78, 5) is 34.6. The van der Waals surface area contributed by atoms with E-state index in [-0.39, 0.29) is 24.1 Å². The van der Waals surface area contributed by atoms with E-state index >= 15 is 0 Å². The molecule has 136 valence electrons. The summed E-state index contributed by atoms with van der Waals surface area (Å²) in [6.45, 7) is 4.38. The number of benzene rings is 1. The minimum atomic E-state index is -0.312. The summed E-state index contributed by atoms with van der Waals surface area (Å²) in [6.07, 6.45) is 0.289. The van der Waals surface area contributed by atoms with E-state index in [4.69, 9.17) is 16.3 Å². The third kappa shape index (κ3) is 4.16. The molecule has 0 N–H and O–H groups in total. The van der Waals surface area contributed by atoms with Crippen LogP contribution in [0.5, 0.6) is 0 Å². The number of fused-ring (bicyclic) bond motifs is 1. The predicted molar refractivity (Wildman–Crippen MR) is 100 cm³/mol. The lowest BCUT2D eigenvalue weighted by atomic mass is 10.2. The van der Waals surface area contributed by atoms with Crippen molar-refractivity contribution in [3.05, 3.63) is 46.1 Å². The highest BCUT2D eigenvalue weighted by Crippen LogP contribution is 2.32. The number of ether oxygens (including phenoxy) is 1. The van der Waals surface area contributed by atoms with E-state index in [1.54, 1.807) is 24.0 Å². The number of carbonyl (C=O) groups excluding carboxylic acids is 2. The highest BCUT2D eigenvalue weighted by Gasteiger charge is 2.31. The summed E-state index contributed by atoms with van der Waals surface area (Å²) in [5.74, 6) is 0.425. The smallest absolute Gasteiger partial charge is 0.316 e. The van der Waals surface area contributed by atoms with Crippen molar-refractivity contribution in [2.45, 2.75) is 32.0 Å². The van der Waals surface area contributed by atoms with Gasteiger partial charge in [0, 0.05) is 16.3 Å². The van der Waals surface area contributed by atoms with Gasteiger partial charge in [0.1, 0.15) is 5.82 Å². The molecule has 1 aromatic heterocycles. The van der Waals surface area contributed by atoms with Crippen LogP contribution in [0.2, 0.25) is 5.02 Å². The average molecular weight is 392 g/mol. The summed E-state index contributed by atoms with van der Waals surface area (Å²) in [5.41, 5.74) is 2.56. The van der Waals surface area contributed by atoms with Gasteiger partial charge in [0.25, 0.3) is 0 Å². The normalized spacial score (nSPS) is 13.0. The Labute approximate surface area is 160 Å². The van der Waals surface area contributed by atoms with Crippen LogP contribution in [0.25, 0.3) is 0 Å². The SMILES string of the molecule is CCOC(=O)CSc1nc(C)c2c(n1)N(Cc1ccc(Cl)cc1)C(=O)C2. The van der Waals surface area contributed by atoms with E-state index in [1.807, 2.05) is 19.1 Å². The first kappa shape index (κ1) is 18.7. The summed E-state index contributed by atoms with van der Waals surface area (Å²) in [5, 5.41) is 1.11. The highest BCUT2D eigenvalue weighted by atomic mass is 35.5. The van der Waals surface area contributed by atoms with Crippen LogP contribution < -0.4 is 4.90 Å². The number of hydrogen-bond acceptors (Lipinski definition) is 6. The fraction of sp³-hybridized carbons (Fsp3) is 0.333. The fourth-order valence-electron chi connectivity index (χ4n) is 2.68. The van der Waals surface area contributed by atoms with Crippen molar-refractivity contribution >= 4 is 41.1 Å². The predicted octanol–water partition coefficient (Wildman–Crippen LogP) is 3.18. The van der Waals surface area contributed by atoms with E-state index in [0.29, 0.717) is 29.1 Å². The van der Waals surface area contributed by atoms with Gasteiger partial charge < -0.3 is 4.74 Å². The molecule has 0 fully saturated rings. The van der Waals surface area contributed by atoms with Gasteiger partial charge in [-0.2, -0.15) is 0 Å². The largest absolute Gasteiger partial charge is 0.465 e. The van der Waals surface area contributed by atoms with Crippen LogP contribution in [0, 0.1) is 6.92 Å². The number of aromatic nitrogens is 2. The van der Waals surface area contributed by atoms with Crippen LogP contribution in [0.3, 0.4) is 0 Å². The number of aryl methyl sites for hydroxylation is 1. The minimum Gasteiger partial charge on any atom is -0.465 e. The van der Waals surface area contributed by atoms with Crippen LogP contribution in [-0.2, 0) is 27.3 Å². The molecule has 0 saturated carbocycles. The third-order valence-electron chi connectivity index (χ3n) is 3.93. The Hall–Kier alpha value is -2.12. The number of carbonyl (C=O) groups is 2. The van der Waals surface area contributed by atoms with E-state index in [9.17, 15) is 9.59 Å². The molecule has 1 aromatic carbocycles. The molecule has 0 atom stereocenters. The lowest BCUT2D eigenvalue weighted by Gasteiger charge is -2.17. The van der Waals surface area contributed by atoms with Crippen LogP contribution in [-0.4, -0.2) is 34.2 Å². The molecule has 0 saturated heterocycles. The fourth-order valence-corrected chi connectivity index (χ4v) is 3.49. The second kappa shape index (κ2) is 8.05. The van der Waals surface area contributed by atoms with Crippen molar-refractivity contribution in [3.63, 3.8) is 0 Å². The molecule has 0 spiro atoms. The molecule has 1 aliphatic heterocycles. The quantitative estimate of drug-likeness (QED) is 0.428. The molecule has 6 nitrogen and oxygen atoms in total. The highest BCUT2D eigenvalue weighted by molar-refractivity contribution is 7.99.